The Balaban J connectivity index is 1.51. The molecule has 1 N–H and O–H groups in total. The number of Topliss-reactive ketones (excluding diaryl/α,β-unsaturated/α-hetero) is 1. The summed E-state index contributed by atoms with van der Waals surface area (Å²) < 4.78 is 18.5. The van der Waals surface area contributed by atoms with E-state index in [1.54, 1.807) is 0 Å². The smallest absolute Gasteiger partial charge is 0.223 e. The summed E-state index contributed by atoms with van der Waals surface area (Å²) in [5, 5.41) is 3.42. The van der Waals surface area contributed by atoms with E-state index in [9.17, 15) is 14.0 Å². The van der Waals surface area contributed by atoms with Gasteiger partial charge in [0.25, 0.3) is 0 Å². The lowest BCUT2D eigenvalue weighted by Crippen LogP contribution is -2.32. The molecule has 0 radical (unpaired) electrons. The third-order valence-corrected chi connectivity index (χ3v) is 5.41. The number of carbonyl (C=O) groups is 2. The number of hydrogen-bond acceptors (Lipinski definition) is 4. The fraction of sp³-hybridized carbons (Fsp3) is 0.579. The summed E-state index contributed by atoms with van der Waals surface area (Å²) in [7, 11) is 1.38. The molecule has 25 heavy (non-hydrogen) atoms. The molecule has 0 saturated carbocycles. The van der Waals surface area contributed by atoms with E-state index in [2.05, 4.69) is 5.32 Å². The van der Waals surface area contributed by atoms with Crippen LogP contribution in [0.3, 0.4) is 0 Å². The van der Waals surface area contributed by atoms with Gasteiger partial charge in [-0.05, 0) is 56.0 Å². The van der Waals surface area contributed by atoms with Crippen LogP contribution in [0, 0.1) is 17.7 Å². The lowest BCUT2D eigenvalue weighted by molar-refractivity contribution is -0.131. The molecule has 2 aliphatic heterocycles. The fourth-order valence-corrected chi connectivity index (χ4v) is 3.83. The number of rotatable bonds is 5. The van der Waals surface area contributed by atoms with Crippen LogP contribution in [0.1, 0.15) is 36.0 Å². The second-order valence-electron chi connectivity index (χ2n) is 6.91. The van der Waals surface area contributed by atoms with Crippen LogP contribution < -0.4 is 10.1 Å². The number of nitrogens with one attached hydrogen (secondary N) is 1. The van der Waals surface area contributed by atoms with Crippen LogP contribution >= 0.6 is 0 Å². The molecule has 2 fully saturated rings. The van der Waals surface area contributed by atoms with Gasteiger partial charge in [-0.2, -0.15) is 0 Å². The molecule has 5 nitrogen and oxygen atoms in total. The van der Waals surface area contributed by atoms with Gasteiger partial charge < -0.3 is 15.0 Å². The van der Waals surface area contributed by atoms with E-state index in [4.69, 9.17) is 4.74 Å². The standard InChI is InChI=1S/C19H25FN2O3/c1-25-18-4-2-13(10-16(18)20)17(23)3-5-19(24)22-8-6-14-11-21-12-15(14)7-9-22/h2,4,10,14-15,21H,3,5-9,11-12H2,1H3/t14-,15+. The van der Waals surface area contributed by atoms with Crippen molar-refractivity contribution in [1.82, 2.24) is 10.2 Å². The Hall–Kier alpha value is -1.95. The maximum atomic E-state index is 13.7. The molecule has 2 atom stereocenters. The average molecular weight is 348 g/mol. The largest absolute Gasteiger partial charge is 0.494 e. The number of ether oxygens (including phenoxy) is 1. The van der Waals surface area contributed by atoms with Gasteiger partial charge in [-0.1, -0.05) is 0 Å². The van der Waals surface area contributed by atoms with Crippen molar-refractivity contribution in [2.75, 3.05) is 33.3 Å². The number of nitrogens with zero attached hydrogens (tertiary/aromatic N) is 1. The topological polar surface area (TPSA) is 58.6 Å². The van der Waals surface area contributed by atoms with Gasteiger partial charge in [0.05, 0.1) is 7.11 Å². The van der Waals surface area contributed by atoms with Gasteiger partial charge in [0.1, 0.15) is 0 Å². The number of ketones is 1. The third kappa shape index (κ3) is 4.18. The lowest BCUT2D eigenvalue weighted by Gasteiger charge is -2.20. The lowest BCUT2D eigenvalue weighted by atomic mass is 9.92. The zero-order valence-electron chi connectivity index (χ0n) is 14.6. The fourth-order valence-electron chi connectivity index (χ4n) is 3.83. The number of halogens is 1. The molecular weight excluding hydrogens is 323 g/mol. The van der Waals surface area contributed by atoms with Crippen molar-refractivity contribution in [3.05, 3.63) is 29.6 Å². The van der Waals surface area contributed by atoms with Crippen molar-refractivity contribution >= 4 is 11.7 Å². The average Bonchev–Trinajstić information content (AvgIpc) is 2.97. The van der Waals surface area contributed by atoms with E-state index in [0.29, 0.717) is 11.8 Å². The monoisotopic (exact) mass is 348 g/mol. The van der Waals surface area contributed by atoms with Crippen molar-refractivity contribution < 1.29 is 18.7 Å². The molecule has 3 rings (SSSR count). The first-order valence-corrected chi connectivity index (χ1v) is 8.93. The predicted octanol–water partition coefficient (Wildman–Crippen LogP) is 2.26. The molecule has 6 heteroatoms. The van der Waals surface area contributed by atoms with Gasteiger partial charge in [-0.25, -0.2) is 4.39 Å². The highest BCUT2D eigenvalue weighted by molar-refractivity contribution is 5.98. The highest BCUT2D eigenvalue weighted by Crippen LogP contribution is 2.27. The van der Waals surface area contributed by atoms with Crippen molar-refractivity contribution in [3.63, 3.8) is 0 Å². The Morgan fingerprint density at radius 3 is 2.48 bits per heavy atom. The summed E-state index contributed by atoms with van der Waals surface area (Å²) in [5.41, 5.74) is 0.280. The number of carbonyl (C=O) groups excluding carboxylic acids is 2. The normalized spacial score (nSPS) is 23.0. The second-order valence-corrected chi connectivity index (χ2v) is 6.91. The highest BCUT2D eigenvalue weighted by Gasteiger charge is 2.31. The Morgan fingerprint density at radius 1 is 1.20 bits per heavy atom. The van der Waals surface area contributed by atoms with Crippen molar-refractivity contribution in [3.8, 4) is 5.75 Å². The molecule has 2 saturated heterocycles. The number of fused-ring (bicyclic) bond motifs is 1. The Kier molecular flexibility index (Phi) is 5.68. The minimum atomic E-state index is -0.563. The summed E-state index contributed by atoms with van der Waals surface area (Å²) in [6.07, 6.45) is 2.34. The zero-order valence-corrected chi connectivity index (χ0v) is 14.6. The quantitative estimate of drug-likeness (QED) is 0.829. The summed E-state index contributed by atoms with van der Waals surface area (Å²) >= 11 is 0. The summed E-state index contributed by atoms with van der Waals surface area (Å²) in [4.78, 5) is 26.6. The molecule has 0 aliphatic carbocycles. The number of benzene rings is 1. The van der Waals surface area contributed by atoms with Crippen LogP contribution in [0.2, 0.25) is 0 Å². The van der Waals surface area contributed by atoms with Crippen molar-refractivity contribution in [2.45, 2.75) is 25.7 Å². The highest BCUT2D eigenvalue weighted by atomic mass is 19.1. The van der Waals surface area contributed by atoms with Gasteiger partial charge in [0.2, 0.25) is 5.91 Å². The Morgan fingerprint density at radius 2 is 1.88 bits per heavy atom. The van der Waals surface area contributed by atoms with Crippen LogP contribution in [0.25, 0.3) is 0 Å². The third-order valence-electron chi connectivity index (χ3n) is 5.41. The van der Waals surface area contributed by atoms with E-state index < -0.39 is 5.82 Å². The molecule has 0 unspecified atom stereocenters. The molecule has 0 aromatic heterocycles. The van der Waals surface area contributed by atoms with Crippen molar-refractivity contribution in [2.24, 2.45) is 11.8 Å². The molecule has 2 heterocycles. The predicted molar refractivity (Wildman–Crippen MR) is 92.2 cm³/mol. The molecule has 0 spiro atoms. The van der Waals surface area contributed by atoms with E-state index in [1.165, 1.54) is 25.3 Å². The summed E-state index contributed by atoms with van der Waals surface area (Å²) in [6, 6.07) is 4.15. The molecule has 1 aromatic rings. The van der Waals surface area contributed by atoms with E-state index in [0.717, 1.165) is 39.0 Å². The second kappa shape index (κ2) is 7.95. The summed E-state index contributed by atoms with van der Waals surface area (Å²) in [6.45, 7) is 3.64. The molecular formula is C19H25FN2O3. The Labute approximate surface area is 147 Å². The van der Waals surface area contributed by atoms with E-state index >= 15 is 0 Å². The molecule has 1 aromatic carbocycles. The molecule has 1 amide bonds. The number of methoxy groups -OCH3 is 1. The summed E-state index contributed by atoms with van der Waals surface area (Å²) in [5.74, 6) is 0.689. The molecule has 2 aliphatic rings. The van der Waals surface area contributed by atoms with Crippen molar-refractivity contribution in [1.29, 1.82) is 0 Å². The maximum absolute atomic E-state index is 13.7. The van der Waals surface area contributed by atoms with Gasteiger partial charge >= 0.3 is 0 Å². The van der Waals surface area contributed by atoms with Gasteiger partial charge in [-0.15, -0.1) is 0 Å². The minimum absolute atomic E-state index is 0.0234. The van der Waals surface area contributed by atoms with E-state index in [1.807, 2.05) is 4.90 Å². The van der Waals surface area contributed by atoms with Crippen LogP contribution in [0.5, 0.6) is 5.75 Å². The molecule has 0 bridgehead atoms. The SMILES string of the molecule is COc1ccc(C(=O)CCC(=O)N2CC[C@@H]3CNC[C@@H]3CC2)cc1F. The van der Waals surface area contributed by atoms with E-state index in [-0.39, 0.29) is 35.8 Å². The number of likely N-dealkylation sites (tertiary alicyclic amines) is 1. The first-order valence-electron chi connectivity index (χ1n) is 8.93. The van der Waals surface area contributed by atoms with Crippen LogP contribution in [0.15, 0.2) is 18.2 Å². The van der Waals surface area contributed by atoms with Gasteiger partial charge in [0, 0.05) is 31.5 Å². The van der Waals surface area contributed by atoms with Gasteiger partial charge in [0.15, 0.2) is 17.3 Å². The molecule has 136 valence electrons. The first kappa shape index (κ1) is 17.9. The maximum Gasteiger partial charge on any atom is 0.223 e. The first-order chi connectivity index (χ1) is 12.1. The van der Waals surface area contributed by atoms with Crippen LogP contribution in [-0.2, 0) is 4.79 Å². The zero-order chi connectivity index (χ0) is 17.8. The van der Waals surface area contributed by atoms with Crippen LogP contribution in [-0.4, -0.2) is 49.9 Å². The number of amides is 1. The number of hydrogen-bond donors (Lipinski definition) is 1. The van der Waals surface area contributed by atoms with Gasteiger partial charge in [-0.3, -0.25) is 9.59 Å². The van der Waals surface area contributed by atoms with Crippen LogP contribution in [0.4, 0.5) is 4.39 Å². The minimum Gasteiger partial charge on any atom is -0.494 e. The Bertz CT molecular complexity index is 636.